The highest BCUT2D eigenvalue weighted by Gasteiger charge is 2.23. The van der Waals surface area contributed by atoms with Crippen LogP contribution in [0.4, 0.5) is 0 Å². The van der Waals surface area contributed by atoms with Crippen molar-refractivity contribution in [2.24, 2.45) is 0 Å². The molecular weight excluding hydrogens is 426 g/mol. The Balaban J connectivity index is 1.54. The van der Waals surface area contributed by atoms with Gasteiger partial charge in [0.1, 0.15) is 17.1 Å². The fourth-order valence-electron chi connectivity index (χ4n) is 4.28. The van der Waals surface area contributed by atoms with Gasteiger partial charge in [0.05, 0.1) is 0 Å². The molecule has 5 nitrogen and oxygen atoms in total. The van der Waals surface area contributed by atoms with Gasteiger partial charge in [-0.05, 0) is 45.7 Å². The molecule has 5 heteroatoms. The number of fused-ring (bicyclic) bond motifs is 2. The molecule has 0 aliphatic carbocycles. The molecule has 0 fully saturated rings. The number of aromatic hydroxyl groups is 2. The van der Waals surface area contributed by atoms with E-state index in [0.29, 0.717) is 24.1 Å². The lowest BCUT2D eigenvalue weighted by atomic mass is 9.90. The van der Waals surface area contributed by atoms with Crippen LogP contribution in [0, 0.1) is 0 Å². The number of hydrogen-bond donors (Lipinski definition) is 3. The average molecular weight is 450 g/mol. The lowest BCUT2D eigenvalue weighted by molar-refractivity contribution is 0.0254. The van der Waals surface area contributed by atoms with Crippen LogP contribution in [0.1, 0.15) is 15.9 Å². The van der Waals surface area contributed by atoms with Crippen molar-refractivity contribution in [3.05, 3.63) is 108 Å². The molecule has 0 unspecified atom stereocenters. The van der Waals surface area contributed by atoms with Crippen LogP contribution in [0.15, 0.2) is 97.1 Å². The Morgan fingerprint density at radius 2 is 1.38 bits per heavy atom. The number of benzene rings is 5. The molecule has 0 saturated heterocycles. The maximum Gasteiger partial charge on any atom is 0.360 e. The number of carbonyl (C=O) groups is 1. The van der Waals surface area contributed by atoms with Crippen molar-refractivity contribution in [1.29, 1.82) is 0 Å². The SMILES string of the molecule is O=C(ONCCc1ccccc1)c1cc2ccccc2c(-c2c(O)ccc3ccccc23)c1O. The number of phenolic OH excluding ortho intramolecular Hbond substituents is 2. The lowest BCUT2D eigenvalue weighted by Crippen LogP contribution is -2.22. The zero-order valence-electron chi connectivity index (χ0n) is 18.4. The molecule has 0 heterocycles. The molecule has 0 aromatic heterocycles. The van der Waals surface area contributed by atoms with Crippen LogP contribution in [-0.2, 0) is 11.3 Å². The first-order valence-corrected chi connectivity index (χ1v) is 11.1. The zero-order chi connectivity index (χ0) is 23.5. The third kappa shape index (κ3) is 4.05. The summed E-state index contributed by atoms with van der Waals surface area (Å²) >= 11 is 0. The molecular formula is C29H23NO4. The van der Waals surface area contributed by atoms with Gasteiger partial charge in [0.15, 0.2) is 0 Å². The summed E-state index contributed by atoms with van der Waals surface area (Å²) in [6, 6.07) is 29.9. The normalized spacial score (nSPS) is 11.1. The summed E-state index contributed by atoms with van der Waals surface area (Å²) in [4.78, 5) is 18.2. The van der Waals surface area contributed by atoms with Gasteiger partial charge in [0.25, 0.3) is 0 Å². The van der Waals surface area contributed by atoms with Gasteiger partial charge < -0.3 is 15.1 Å². The van der Waals surface area contributed by atoms with Gasteiger partial charge in [-0.15, -0.1) is 0 Å². The Morgan fingerprint density at radius 3 is 2.15 bits per heavy atom. The predicted molar refractivity (Wildman–Crippen MR) is 134 cm³/mol. The lowest BCUT2D eigenvalue weighted by Gasteiger charge is -2.16. The standard InChI is InChI=1S/C29H23NO4/c31-25-15-14-20-10-4-6-12-22(20)26(25)27-23-13-7-5-11-21(23)18-24(28(27)32)29(33)34-30-17-16-19-8-2-1-3-9-19/h1-15,18,30-32H,16-17H2. The molecule has 0 bridgehead atoms. The monoisotopic (exact) mass is 449 g/mol. The second-order valence-electron chi connectivity index (χ2n) is 8.07. The summed E-state index contributed by atoms with van der Waals surface area (Å²) in [7, 11) is 0. The zero-order valence-corrected chi connectivity index (χ0v) is 18.4. The fourth-order valence-corrected chi connectivity index (χ4v) is 4.28. The first-order valence-electron chi connectivity index (χ1n) is 11.1. The molecule has 5 aromatic rings. The Hall–Kier alpha value is -4.35. The fraction of sp³-hybridized carbons (Fsp3) is 0.0690. The highest BCUT2D eigenvalue weighted by atomic mass is 16.7. The molecule has 0 aliphatic rings. The second-order valence-corrected chi connectivity index (χ2v) is 8.07. The van der Waals surface area contributed by atoms with Gasteiger partial charge in [-0.2, -0.15) is 5.48 Å². The molecule has 5 rings (SSSR count). The summed E-state index contributed by atoms with van der Waals surface area (Å²) in [5, 5.41) is 25.3. The van der Waals surface area contributed by atoms with Crippen molar-refractivity contribution in [2.45, 2.75) is 6.42 Å². The van der Waals surface area contributed by atoms with E-state index in [2.05, 4.69) is 5.48 Å². The molecule has 5 aromatic carbocycles. The maximum absolute atomic E-state index is 12.9. The molecule has 0 radical (unpaired) electrons. The minimum Gasteiger partial charge on any atom is -0.507 e. The van der Waals surface area contributed by atoms with Crippen LogP contribution in [0.5, 0.6) is 11.5 Å². The average Bonchev–Trinajstić information content (AvgIpc) is 2.87. The summed E-state index contributed by atoms with van der Waals surface area (Å²) < 4.78 is 0. The largest absolute Gasteiger partial charge is 0.507 e. The highest BCUT2D eigenvalue weighted by Crippen LogP contribution is 2.46. The number of phenols is 2. The Morgan fingerprint density at radius 1 is 0.735 bits per heavy atom. The molecule has 168 valence electrons. The van der Waals surface area contributed by atoms with Gasteiger partial charge in [-0.3, -0.25) is 0 Å². The van der Waals surface area contributed by atoms with E-state index in [9.17, 15) is 15.0 Å². The van der Waals surface area contributed by atoms with E-state index in [0.717, 1.165) is 27.1 Å². The van der Waals surface area contributed by atoms with Gasteiger partial charge in [-0.25, -0.2) is 4.79 Å². The van der Waals surface area contributed by atoms with Crippen molar-refractivity contribution < 1.29 is 19.8 Å². The van der Waals surface area contributed by atoms with Crippen LogP contribution < -0.4 is 5.48 Å². The first kappa shape index (κ1) is 21.5. The summed E-state index contributed by atoms with van der Waals surface area (Å²) in [5.74, 6) is -0.914. The topological polar surface area (TPSA) is 78.8 Å². The number of carbonyl (C=O) groups excluding carboxylic acids is 1. The van der Waals surface area contributed by atoms with Crippen molar-refractivity contribution in [2.75, 3.05) is 6.54 Å². The smallest absolute Gasteiger partial charge is 0.360 e. The van der Waals surface area contributed by atoms with Crippen LogP contribution in [0.3, 0.4) is 0 Å². The van der Waals surface area contributed by atoms with E-state index in [4.69, 9.17) is 4.84 Å². The van der Waals surface area contributed by atoms with Crippen LogP contribution in [0.25, 0.3) is 32.7 Å². The van der Waals surface area contributed by atoms with Gasteiger partial charge in [0, 0.05) is 17.7 Å². The molecule has 0 aliphatic heterocycles. The van der Waals surface area contributed by atoms with Crippen LogP contribution >= 0.6 is 0 Å². The van der Waals surface area contributed by atoms with Gasteiger partial charge in [0.2, 0.25) is 0 Å². The quantitative estimate of drug-likeness (QED) is 0.220. The highest BCUT2D eigenvalue weighted by molar-refractivity contribution is 6.13. The molecule has 0 atom stereocenters. The molecule has 0 saturated carbocycles. The Labute approximate surface area is 196 Å². The molecule has 0 amide bonds. The van der Waals surface area contributed by atoms with Gasteiger partial charge in [-0.1, -0.05) is 84.9 Å². The first-order chi connectivity index (χ1) is 16.6. The van der Waals surface area contributed by atoms with E-state index in [1.54, 1.807) is 12.1 Å². The summed E-state index contributed by atoms with van der Waals surface area (Å²) in [6.45, 7) is 0.432. The number of hydroxylamine groups is 1. The van der Waals surface area contributed by atoms with Crippen molar-refractivity contribution in [3.63, 3.8) is 0 Å². The van der Waals surface area contributed by atoms with Crippen molar-refractivity contribution in [3.8, 4) is 22.6 Å². The van der Waals surface area contributed by atoms with E-state index < -0.39 is 5.97 Å². The van der Waals surface area contributed by atoms with E-state index in [1.807, 2.05) is 84.9 Å². The maximum atomic E-state index is 12.9. The van der Waals surface area contributed by atoms with Crippen LogP contribution in [-0.4, -0.2) is 22.7 Å². The number of rotatable bonds is 6. The van der Waals surface area contributed by atoms with Crippen molar-refractivity contribution in [1.82, 2.24) is 5.48 Å². The number of nitrogens with one attached hydrogen (secondary N) is 1. The second kappa shape index (κ2) is 9.25. The molecule has 34 heavy (non-hydrogen) atoms. The Bertz CT molecular complexity index is 1500. The van der Waals surface area contributed by atoms with Crippen molar-refractivity contribution >= 4 is 27.5 Å². The summed E-state index contributed by atoms with van der Waals surface area (Å²) in [5.41, 5.74) is 4.70. The minimum absolute atomic E-state index is 0.0191. The number of hydrogen-bond acceptors (Lipinski definition) is 5. The van der Waals surface area contributed by atoms with E-state index in [-0.39, 0.29) is 17.1 Å². The third-order valence-corrected chi connectivity index (χ3v) is 5.92. The minimum atomic E-state index is -0.697. The third-order valence-electron chi connectivity index (χ3n) is 5.92. The van der Waals surface area contributed by atoms with E-state index in [1.165, 1.54) is 0 Å². The van der Waals surface area contributed by atoms with Crippen LogP contribution in [0.2, 0.25) is 0 Å². The van der Waals surface area contributed by atoms with Gasteiger partial charge >= 0.3 is 5.97 Å². The Kier molecular flexibility index (Phi) is 5.85. The molecule has 0 spiro atoms. The predicted octanol–water partition coefficient (Wildman–Crippen LogP) is 5.98. The molecule has 3 N–H and O–H groups in total. The van der Waals surface area contributed by atoms with E-state index >= 15 is 0 Å². The summed E-state index contributed by atoms with van der Waals surface area (Å²) in [6.07, 6.45) is 0.687.